The number of nitrogens with zero attached hydrogens (tertiary/aromatic N) is 2. The number of imidazole rings is 1. The van der Waals surface area contributed by atoms with Crippen molar-refractivity contribution in [3.8, 4) is 0 Å². The minimum Gasteiger partial charge on any atom is -0.384 e. The van der Waals surface area contributed by atoms with Crippen molar-refractivity contribution in [2.75, 3.05) is 11.9 Å². The standard InChI is InChI=1S/C12H13BrFN3/c13-11-3-2-10(14)8-12(11)16-4-1-6-17-7-5-15-9-17/h2-3,5,7-9,16H,1,4,6H2. The van der Waals surface area contributed by atoms with Gasteiger partial charge in [-0.1, -0.05) is 0 Å². The summed E-state index contributed by atoms with van der Waals surface area (Å²) in [6, 6.07) is 4.62. The van der Waals surface area contributed by atoms with E-state index in [2.05, 4.69) is 26.2 Å². The van der Waals surface area contributed by atoms with Gasteiger partial charge < -0.3 is 9.88 Å². The molecule has 2 rings (SSSR count). The summed E-state index contributed by atoms with van der Waals surface area (Å²) >= 11 is 3.38. The quantitative estimate of drug-likeness (QED) is 0.858. The molecule has 17 heavy (non-hydrogen) atoms. The van der Waals surface area contributed by atoms with Crippen LogP contribution in [-0.4, -0.2) is 16.1 Å². The molecular formula is C12H13BrFN3. The van der Waals surface area contributed by atoms with Crippen molar-refractivity contribution in [2.45, 2.75) is 13.0 Å². The summed E-state index contributed by atoms with van der Waals surface area (Å²) in [4.78, 5) is 3.97. The second kappa shape index (κ2) is 5.82. The maximum Gasteiger partial charge on any atom is 0.125 e. The lowest BCUT2D eigenvalue weighted by Gasteiger charge is -2.08. The average Bonchev–Trinajstić information content (AvgIpc) is 2.82. The fourth-order valence-electron chi connectivity index (χ4n) is 1.54. The van der Waals surface area contributed by atoms with Crippen LogP contribution in [0.25, 0.3) is 0 Å². The number of rotatable bonds is 5. The maximum atomic E-state index is 13.0. The van der Waals surface area contributed by atoms with Gasteiger partial charge in [-0.25, -0.2) is 9.37 Å². The number of halogens is 2. The monoisotopic (exact) mass is 297 g/mol. The lowest BCUT2D eigenvalue weighted by atomic mass is 10.3. The zero-order chi connectivity index (χ0) is 12.1. The molecule has 1 aromatic heterocycles. The van der Waals surface area contributed by atoms with Crippen LogP contribution in [0.4, 0.5) is 10.1 Å². The minimum absolute atomic E-state index is 0.231. The fraction of sp³-hybridized carbons (Fsp3) is 0.250. The Morgan fingerprint density at radius 2 is 2.29 bits per heavy atom. The van der Waals surface area contributed by atoms with Gasteiger partial charge in [-0.05, 0) is 40.5 Å². The van der Waals surface area contributed by atoms with Crippen LogP contribution in [0.5, 0.6) is 0 Å². The summed E-state index contributed by atoms with van der Waals surface area (Å²) in [5.41, 5.74) is 0.788. The highest BCUT2D eigenvalue weighted by atomic mass is 79.9. The summed E-state index contributed by atoms with van der Waals surface area (Å²) in [5, 5.41) is 3.20. The summed E-state index contributed by atoms with van der Waals surface area (Å²) in [5.74, 6) is -0.231. The number of anilines is 1. The molecule has 0 aliphatic rings. The maximum absolute atomic E-state index is 13.0. The Hall–Kier alpha value is -1.36. The van der Waals surface area contributed by atoms with E-state index in [-0.39, 0.29) is 5.82 Å². The van der Waals surface area contributed by atoms with Gasteiger partial charge in [0.2, 0.25) is 0 Å². The number of nitrogens with one attached hydrogen (secondary N) is 1. The van der Waals surface area contributed by atoms with Crippen LogP contribution in [0.3, 0.4) is 0 Å². The van der Waals surface area contributed by atoms with Gasteiger partial charge in [0.15, 0.2) is 0 Å². The molecule has 0 amide bonds. The topological polar surface area (TPSA) is 29.9 Å². The predicted octanol–water partition coefficient (Wildman–Crippen LogP) is 3.29. The highest BCUT2D eigenvalue weighted by Gasteiger charge is 2.00. The van der Waals surface area contributed by atoms with Gasteiger partial charge in [-0.2, -0.15) is 0 Å². The normalized spacial score (nSPS) is 10.5. The lowest BCUT2D eigenvalue weighted by Crippen LogP contribution is -2.06. The third kappa shape index (κ3) is 3.56. The molecule has 1 N–H and O–H groups in total. The van der Waals surface area contributed by atoms with E-state index in [1.807, 2.05) is 10.8 Å². The third-order valence-corrected chi connectivity index (χ3v) is 3.09. The molecular weight excluding hydrogens is 285 g/mol. The Morgan fingerprint density at radius 1 is 1.41 bits per heavy atom. The van der Waals surface area contributed by atoms with Gasteiger partial charge in [-0.3, -0.25) is 0 Å². The minimum atomic E-state index is -0.231. The molecule has 1 aromatic carbocycles. The Morgan fingerprint density at radius 3 is 3.06 bits per heavy atom. The molecule has 0 aliphatic heterocycles. The van der Waals surface area contributed by atoms with Gasteiger partial charge in [0, 0.05) is 30.0 Å². The first-order chi connectivity index (χ1) is 8.25. The molecule has 0 atom stereocenters. The van der Waals surface area contributed by atoms with E-state index < -0.39 is 0 Å². The molecule has 0 fully saturated rings. The van der Waals surface area contributed by atoms with E-state index in [9.17, 15) is 4.39 Å². The summed E-state index contributed by atoms with van der Waals surface area (Å²) in [7, 11) is 0. The van der Waals surface area contributed by atoms with Crippen molar-refractivity contribution < 1.29 is 4.39 Å². The van der Waals surface area contributed by atoms with E-state index in [1.54, 1.807) is 18.6 Å². The Kier molecular flexibility index (Phi) is 4.14. The highest BCUT2D eigenvalue weighted by Crippen LogP contribution is 2.22. The van der Waals surface area contributed by atoms with E-state index in [4.69, 9.17) is 0 Å². The molecule has 1 heterocycles. The summed E-state index contributed by atoms with van der Waals surface area (Å²) < 4.78 is 15.9. The Balaban J connectivity index is 1.80. The van der Waals surface area contributed by atoms with Crippen molar-refractivity contribution in [2.24, 2.45) is 0 Å². The van der Waals surface area contributed by atoms with Crippen LogP contribution in [0, 0.1) is 5.82 Å². The molecule has 0 unspecified atom stereocenters. The van der Waals surface area contributed by atoms with Crippen LogP contribution in [0.2, 0.25) is 0 Å². The van der Waals surface area contributed by atoms with E-state index in [0.717, 1.165) is 29.7 Å². The molecule has 0 saturated heterocycles. The third-order valence-electron chi connectivity index (χ3n) is 2.40. The van der Waals surface area contributed by atoms with Gasteiger partial charge in [0.05, 0.1) is 12.0 Å². The first-order valence-corrected chi connectivity index (χ1v) is 6.19. The number of hydrogen-bond donors (Lipinski definition) is 1. The zero-order valence-electron chi connectivity index (χ0n) is 9.24. The first-order valence-electron chi connectivity index (χ1n) is 5.40. The molecule has 3 nitrogen and oxygen atoms in total. The molecule has 5 heteroatoms. The van der Waals surface area contributed by atoms with Crippen molar-refractivity contribution in [1.82, 2.24) is 9.55 Å². The first kappa shape index (κ1) is 12.1. The molecule has 0 spiro atoms. The van der Waals surface area contributed by atoms with Crippen LogP contribution >= 0.6 is 15.9 Å². The van der Waals surface area contributed by atoms with Crippen LogP contribution in [0.1, 0.15) is 6.42 Å². The summed E-state index contributed by atoms with van der Waals surface area (Å²) in [6.07, 6.45) is 6.44. The zero-order valence-corrected chi connectivity index (χ0v) is 10.8. The van der Waals surface area contributed by atoms with Crippen LogP contribution < -0.4 is 5.32 Å². The van der Waals surface area contributed by atoms with Gasteiger partial charge in [0.25, 0.3) is 0 Å². The summed E-state index contributed by atoms with van der Waals surface area (Å²) in [6.45, 7) is 1.69. The average molecular weight is 298 g/mol. The van der Waals surface area contributed by atoms with Gasteiger partial charge >= 0.3 is 0 Å². The smallest absolute Gasteiger partial charge is 0.125 e. The van der Waals surface area contributed by atoms with Crippen LogP contribution in [-0.2, 0) is 6.54 Å². The number of aryl methyl sites for hydroxylation is 1. The number of aromatic nitrogens is 2. The van der Waals surface area contributed by atoms with Crippen molar-refractivity contribution in [3.63, 3.8) is 0 Å². The lowest BCUT2D eigenvalue weighted by molar-refractivity contribution is 0.627. The Bertz CT molecular complexity index is 471. The largest absolute Gasteiger partial charge is 0.384 e. The number of benzene rings is 1. The molecule has 0 bridgehead atoms. The second-order valence-electron chi connectivity index (χ2n) is 3.71. The van der Waals surface area contributed by atoms with Crippen molar-refractivity contribution in [1.29, 1.82) is 0 Å². The highest BCUT2D eigenvalue weighted by molar-refractivity contribution is 9.10. The predicted molar refractivity (Wildman–Crippen MR) is 69.4 cm³/mol. The molecule has 90 valence electrons. The van der Waals surface area contributed by atoms with Crippen molar-refractivity contribution >= 4 is 21.6 Å². The van der Waals surface area contributed by atoms with Crippen LogP contribution in [0.15, 0.2) is 41.4 Å². The molecule has 0 radical (unpaired) electrons. The van der Waals surface area contributed by atoms with E-state index in [0.29, 0.717) is 0 Å². The Labute approximate surface area is 108 Å². The van der Waals surface area contributed by atoms with Gasteiger partial charge in [-0.15, -0.1) is 0 Å². The van der Waals surface area contributed by atoms with Gasteiger partial charge in [0.1, 0.15) is 5.82 Å². The van der Waals surface area contributed by atoms with E-state index >= 15 is 0 Å². The van der Waals surface area contributed by atoms with Crippen molar-refractivity contribution in [3.05, 3.63) is 47.2 Å². The fourth-order valence-corrected chi connectivity index (χ4v) is 1.92. The molecule has 0 aliphatic carbocycles. The van der Waals surface area contributed by atoms with E-state index in [1.165, 1.54) is 12.1 Å². The SMILES string of the molecule is Fc1ccc(Br)c(NCCCn2ccnc2)c1. The number of hydrogen-bond acceptors (Lipinski definition) is 2. The molecule has 0 saturated carbocycles. The molecule has 2 aromatic rings. The second-order valence-corrected chi connectivity index (χ2v) is 4.56.